The molecule has 14 aromatic carbocycles. The van der Waals surface area contributed by atoms with Gasteiger partial charge in [0.05, 0.1) is 44.5 Å². The smallest absolute Gasteiger partial charge is 0.0794 e. The summed E-state index contributed by atoms with van der Waals surface area (Å²) >= 11 is 0. The van der Waals surface area contributed by atoms with Crippen LogP contribution in [0.5, 0.6) is 0 Å². The molecule has 4 heteroatoms. The van der Waals surface area contributed by atoms with Crippen molar-refractivity contribution in [2.75, 3.05) is 0 Å². The quantitative estimate of drug-likeness (QED) is 0.156. The van der Waals surface area contributed by atoms with E-state index in [1.165, 1.54) is 131 Å². The molecule has 18 aromatic rings. The molecule has 0 aliphatic rings. The maximum atomic E-state index is 5.35. The van der Waals surface area contributed by atoms with Gasteiger partial charge in [-0.15, -0.1) is 0 Å². The van der Waals surface area contributed by atoms with Gasteiger partial charge in [0.1, 0.15) is 0 Å². The second-order valence-electron chi connectivity index (χ2n) is 27.3. The van der Waals surface area contributed by atoms with Gasteiger partial charge in [0, 0.05) is 65.6 Å². The highest BCUT2D eigenvalue weighted by molar-refractivity contribution is 6.26. The van der Waals surface area contributed by atoms with Crippen LogP contribution in [0.2, 0.25) is 0 Å². The highest BCUT2D eigenvalue weighted by Crippen LogP contribution is 2.43. The second-order valence-corrected chi connectivity index (χ2v) is 27.3. The molecule has 0 bridgehead atoms. The lowest BCUT2D eigenvalue weighted by molar-refractivity contribution is 0.590. The van der Waals surface area contributed by atoms with Crippen molar-refractivity contribution in [1.82, 2.24) is 19.1 Å². The SMILES string of the molecule is CC(C)(C)c1ccc2c(c1)c1cc(C(C)(C)C)ccc1n2-c1cccc(-c2ccc3c4ccccc4c4ccccc4c3n2)c1.c1ccc(-c2ccc3c(c2)c2cc(-c4ccccc4)ccc2n3-c2cccc(-c3ccc4c5ccccc5c5ccccc5c4n3)c2)cc1. The van der Waals surface area contributed by atoms with E-state index in [1.54, 1.807) is 0 Å². The molecule has 94 heavy (non-hydrogen) atoms. The fourth-order valence-electron chi connectivity index (χ4n) is 14.6. The molecule has 0 amide bonds. The van der Waals surface area contributed by atoms with Crippen LogP contribution >= 0.6 is 0 Å². The third kappa shape index (κ3) is 9.59. The van der Waals surface area contributed by atoms with E-state index in [4.69, 9.17) is 9.97 Å². The molecule has 0 spiro atoms. The Bertz CT molecular complexity index is 5820. The average Bonchev–Trinajstić information content (AvgIpc) is 1.37. The number of fused-ring (bicyclic) bond motifs is 18. The number of hydrogen-bond acceptors (Lipinski definition) is 2. The minimum Gasteiger partial charge on any atom is -0.309 e. The predicted octanol–water partition coefficient (Wildman–Crippen LogP) is 24.5. The minimum atomic E-state index is 0.0709. The Labute approximate surface area is 547 Å². The van der Waals surface area contributed by atoms with E-state index in [1.807, 2.05) is 0 Å². The van der Waals surface area contributed by atoms with Crippen molar-refractivity contribution in [2.45, 2.75) is 52.4 Å². The van der Waals surface area contributed by atoms with Crippen molar-refractivity contribution in [3.63, 3.8) is 0 Å². The molecule has 4 aromatic heterocycles. The van der Waals surface area contributed by atoms with E-state index in [0.717, 1.165) is 44.9 Å². The van der Waals surface area contributed by atoms with Crippen LogP contribution in [0.1, 0.15) is 52.7 Å². The summed E-state index contributed by atoms with van der Waals surface area (Å²) in [6.45, 7) is 13.7. The molecule has 0 saturated carbocycles. The van der Waals surface area contributed by atoms with Gasteiger partial charge < -0.3 is 9.13 Å². The Morgan fingerprint density at radius 2 is 0.511 bits per heavy atom. The summed E-state index contributed by atoms with van der Waals surface area (Å²) in [7, 11) is 0. The van der Waals surface area contributed by atoms with E-state index in [9.17, 15) is 0 Å². The van der Waals surface area contributed by atoms with Gasteiger partial charge in [-0.1, -0.05) is 248 Å². The lowest BCUT2D eigenvalue weighted by atomic mass is 9.85. The molecule has 448 valence electrons. The topological polar surface area (TPSA) is 35.6 Å². The van der Waals surface area contributed by atoms with E-state index in [0.29, 0.717) is 0 Å². The highest BCUT2D eigenvalue weighted by atomic mass is 15.0. The van der Waals surface area contributed by atoms with Gasteiger partial charge >= 0.3 is 0 Å². The molecule has 0 aliphatic carbocycles. The van der Waals surface area contributed by atoms with Gasteiger partial charge in [-0.2, -0.15) is 0 Å². The van der Waals surface area contributed by atoms with Crippen molar-refractivity contribution in [2.24, 2.45) is 0 Å². The normalized spacial score (nSPS) is 12.1. The summed E-state index contributed by atoms with van der Waals surface area (Å²) in [6.07, 6.45) is 0. The zero-order valence-electron chi connectivity index (χ0n) is 53.7. The van der Waals surface area contributed by atoms with Crippen LogP contribution in [0.4, 0.5) is 0 Å². The van der Waals surface area contributed by atoms with Gasteiger partial charge in [-0.3, -0.25) is 0 Å². The van der Waals surface area contributed by atoms with Gasteiger partial charge in [-0.05, 0) is 174 Å². The standard InChI is InChI=1S/C47H30N2.C43H38N2/c1-3-12-31(13-4-1)33-22-26-45-42(29-33)43-30-34(32-14-5-2-6-15-32)23-27-46(43)49(45)36-17-11-16-35(28-36)44-25-24-41-39-20-8-7-18-37(39)38-19-9-10-21-40(38)47(41)48-44;1-42(2,3)28-18-22-39-36(25-28)37-26-29(43(4,5)6)19-23-40(37)45(39)30-13-11-12-27(24-30)38-21-20-35-33-16-8-7-14-31(33)32-15-9-10-17-34(32)41(35)44-38/h1-30H;7-26H,1-6H3. The molecule has 0 saturated heterocycles. The van der Waals surface area contributed by atoms with Gasteiger partial charge in [0.2, 0.25) is 0 Å². The minimum absolute atomic E-state index is 0.0709. The molecular weight excluding hydrogens is 1140 g/mol. The first-order chi connectivity index (χ1) is 45.9. The Morgan fingerprint density at radius 1 is 0.213 bits per heavy atom. The summed E-state index contributed by atoms with van der Waals surface area (Å²) in [6, 6.07) is 110. The van der Waals surface area contributed by atoms with E-state index in [2.05, 4.69) is 354 Å². The van der Waals surface area contributed by atoms with Crippen molar-refractivity contribution in [3.8, 4) is 56.1 Å². The zero-order valence-corrected chi connectivity index (χ0v) is 53.7. The Hall–Kier alpha value is -11.5. The molecule has 0 N–H and O–H groups in total. The third-order valence-corrected chi connectivity index (χ3v) is 19.4. The molecule has 0 fully saturated rings. The molecule has 4 nitrogen and oxygen atoms in total. The van der Waals surface area contributed by atoms with E-state index < -0.39 is 0 Å². The van der Waals surface area contributed by atoms with E-state index >= 15 is 0 Å². The van der Waals surface area contributed by atoms with Gasteiger partial charge in [0.25, 0.3) is 0 Å². The molecule has 4 heterocycles. The summed E-state index contributed by atoms with van der Waals surface area (Å²) in [5.41, 5.74) is 21.0. The number of rotatable bonds is 6. The van der Waals surface area contributed by atoms with Crippen LogP contribution < -0.4 is 0 Å². The first-order valence-electron chi connectivity index (χ1n) is 32.8. The Balaban J connectivity index is 0.000000144. The monoisotopic (exact) mass is 1200 g/mol. The van der Waals surface area contributed by atoms with Crippen LogP contribution in [-0.4, -0.2) is 19.1 Å². The lowest BCUT2D eigenvalue weighted by Gasteiger charge is -2.19. The number of benzene rings is 14. The largest absolute Gasteiger partial charge is 0.309 e. The van der Waals surface area contributed by atoms with Gasteiger partial charge in [-0.25, -0.2) is 9.97 Å². The van der Waals surface area contributed by atoms with Crippen LogP contribution in [0.3, 0.4) is 0 Å². The first kappa shape index (κ1) is 56.5. The zero-order chi connectivity index (χ0) is 63.4. The summed E-state index contributed by atoms with van der Waals surface area (Å²) in [5.74, 6) is 0. The molecule has 0 radical (unpaired) electrons. The average molecular weight is 1210 g/mol. The third-order valence-electron chi connectivity index (χ3n) is 19.4. The Kier molecular flexibility index (Phi) is 13.3. The summed E-state index contributed by atoms with van der Waals surface area (Å²) in [5, 5.41) is 17.3. The molecule has 0 atom stereocenters. The van der Waals surface area contributed by atoms with Crippen LogP contribution in [0, 0.1) is 0 Å². The van der Waals surface area contributed by atoms with E-state index in [-0.39, 0.29) is 10.8 Å². The highest BCUT2D eigenvalue weighted by Gasteiger charge is 2.23. The number of pyridine rings is 2. The molecule has 0 unspecified atom stereocenters. The number of aromatic nitrogens is 4. The number of hydrogen-bond donors (Lipinski definition) is 0. The fourth-order valence-corrected chi connectivity index (χ4v) is 14.6. The maximum Gasteiger partial charge on any atom is 0.0794 e. The van der Waals surface area contributed by atoms with Crippen LogP contribution in [-0.2, 0) is 10.8 Å². The molecule has 18 rings (SSSR count). The maximum absolute atomic E-state index is 5.35. The molecule has 0 aliphatic heterocycles. The summed E-state index contributed by atoms with van der Waals surface area (Å²) in [4.78, 5) is 10.7. The van der Waals surface area contributed by atoms with Crippen molar-refractivity contribution in [3.05, 3.63) is 314 Å². The van der Waals surface area contributed by atoms with Crippen molar-refractivity contribution in [1.29, 1.82) is 0 Å². The van der Waals surface area contributed by atoms with Gasteiger partial charge in [0.15, 0.2) is 0 Å². The van der Waals surface area contributed by atoms with Crippen LogP contribution in [0.25, 0.3) is 165 Å². The lowest BCUT2D eigenvalue weighted by Crippen LogP contribution is -2.10. The first-order valence-corrected chi connectivity index (χ1v) is 32.8. The predicted molar refractivity (Wildman–Crippen MR) is 401 cm³/mol. The molecular formula is C90H68N4. The van der Waals surface area contributed by atoms with Crippen molar-refractivity contribution < 1.29 is 0 Å². The summed E-state index contributed by atoms with van der Waals surface area (Å²) < 4.78 is 4.83. The second kappa shape index (κ2) is 22.1. The van der Waals surface area contributed by atoms with Crippen molar-refractivity contribution >= 4 is 109 Å². The fraction of sp³-hybridized carbons (Fsp3) is 0.0889. The Morgan fingerprint density at radius 3 is 0.872 bits per heavy atom. The number of nitrogens with zero attached hydrogens (tertiary/aromatic N) is 4. The van der Waals surface area contributed by atoms with Crippen LogP contribution in [0.15, 0.2) is 303 Å².